The summed E-state index contributed by atoms with van der Waals surface area (Å²) in [5.41, 5.74) is 3.47. The van der Waals surface area contributed by atoms with Crippen LogP contribution in [0.5, 0.6) is 17.2 Å². The Morgan fingerprint density at radius 2 is 1.56 bits per heavy atom. The van der Waals surface area contributed by atoms with Crippen molar-refractivity contribution in [1.82, 2.24) is 20.2 Å². The zero-order chi connectivity index (χ0) is 28.9. The predicted molar refractivity (Wildman–Crippen MR) is 151 cm³/mol. The van der Waals surface area contributed by atoms with Gasteiger partial charge in [-0.2, -0.15) is 5.21 Å². The second kappa shape index (κ2) is 14.7. The zero-order valence-corrected chi connectivity index (χ0v) is 22.3. The van der Waals surface area contributed by atoms with Crippen molar-refractivity contribution in [2.24, 2.45) is 0 Å². The van der Waals surface area contributed by atoms with E-state index in [4.69, 9.17) is 37.4 Å². The predicted octanol–water partition coefficient (Wildman–Crippen LogP) is 3.65. The molecule has 0 aliphatic carbocycles. The van der Waals surface area contributed by atoms with Crippen LogP contribution in [0.25, 0.3) is 5.69 Å². The number of amides is 1. The van der Waals surface area contributed by atoms with E-state index in [1.165, 1.54) is 29.8 Å². The number of carbonyl (C=O) groups is 2. The van der Waals surface area contributed by atoms with Gasteiger partial charge in [-0.25, -0.2) is 9.48 Å². The van der Waals surface area contributed by atoms with Gasteiger partial charge in [0, 0.05) is 18.3 Å². The number of aromatic amines is 1. The number of nitrogens with one attached hydrogen (secondary N) is 4. The van der Waals surface area contributed by atoms with Crippen molar-refractivity contribution < 1.29 is 30.0 Å². The molecule has 0 saturated carbocycles. The number of tetrazole rings is 1. The van der Waals surface area contributed by atoms with E-state index in [0.717, 1.165) is 11.4 Å². The number of hydrogen-bond donors (Lipinski definition) is 8. The van der Waals surface area contributed by atoms with Crippen LogP contribution >= 0.6 is 12.2 Å². The van der Waals surface area contributed by atoms with Gasteiger partial charge in [0.05, 0.1) is 5.69 Å². The Hall–Kier alpha value is -4.89. The molecule has 4 aromatic rings. The van der Waals surface area contributed by atoms with Gasteiger partial charge in [0.1, 0.15) is 22.8 Å². The molecule has 0 saturated heterocycles. The maximum Gasteiger partial charge on any atom is 0.339 e. The maximum absolute atomic E-state index is 10.7. The zero-order valence-electron chi connectivity index (χ0n) is 20.7. The fourth-order valence-corrected chi connectivity index (χ4v) is 3.17. The minimum absolute atomic E-state index is 0.211. The van der Waals surface area contributed by atoms with Crippen LogP contribution in [0.2, 0.25) is 0 Å². The number of carboxylic acid groups (broad SMARTS) is 1. The highest BCUT2D eigenvalue weighted by Crippen LogP contribution is 2.21. The Kier molecular flexibility index (Phi) is 11.5. The van der Waals surface area contributed by atoms with Crippen LogP contribution in [0.3, 0.4) is 0 Å². The number of aromatic carboxylic acids is 1. The highest BCUT2D eigenvalue weighted by atomic mass is 32.2. The molecule has 0 fully saturated rings. The van der Waals surface area contributed by atoms with Gasteiger partial charge in [0.2, 0.25) is 10.7 Å². The van der Waals surface area contributed by atoms with Crippen LogP contribution in [0.4, 0.5) is 11.4 Å². The van der Waals surface area contributed by atoms with E-state index in [0.29, 0.717) is 10.5 Å². The molecule has 4 rings (SSSR count). The van der Waals surface area contributed by atoms with E-state index in [1.807, 2.05) is 0 Å². The molecule has 1 amide bonds. The van der Waals surface area contributed by atoms with Gasteiger partial charge in [-0.1, -0.05) is 10.3 Å². The average molecular weight is 573 g/mol. The molecule has 0 atom stereocenters. The van der Waals surface area contributed by atoms with E-state index in [2.05, 4.69) is 26.2 Å². The largest absolute Gasteiger partial charge is 0.508 e. The number of aromatic hydroxyl groups is 3. The van der Waals surface area contributed by atoms with Crippen molar-refractivity contribution in [3.05, 3.63) is 77.1 Å². The molecule has 15 heteroatoms. The van der Waals surface area contributed by atoms with Crippen molar-refractivity contribution in [2.75, 3.05) is 16.9 Å². The number of nitrogens with zero attached hydrogens (tertiary/aromatic N) is 3. The molecule has 206 valence electrons. The summed E-state index contributed by atoms with van der Waals surface area (Å²) in [6.45, 7) is 1.31. The van der Waals surface area contributed by atoms with Gasteiger partial charge in [0.15, 0.2) is 0 Å². The SMILES string of the molecule is CC(=O)Nc1ccc(O)c(C(=O)O)c1.C[S-](=N)=CNc1ccc(O)cc1.Oc1ccc(-n2[nH]nnc2=S)cc1. The smallest absolute Gasteiger partial charge is 0.339 e. The van der Waals surface area contributed by atoms with Crippen molar-refractivity contribution in [3.8, 4) is 22.9 Å². The Morgan fingerprint density at radius 1 is 1.00 bits per heavy atom. The number of rotatable bonds is 5. The minimum Gasteiger partial charge on any atom is -0.508 e. The lowest BCUT2D eigenvalue weighted by atomic mass is 10.2. The molecule has 0 bridgehead atoms. The summed E-state index contributed by atoms with van der Waals surface area (Å²) in [4.78, 5) is 21.2. The molecule has 0 aliphatic heterocycles. The first-order valence-electron chi connectivity index (χ1n) is 10.8. The molecule has 0 radical (unpaired) electrons. The van der Waals surface area contributed by atoms with Gasteiger partial charge < -0.3 is 46.1 Å². The minimum atomic E-state index is -1.24. The van der Waals surface area contributed by atoms with Gasteiger partial charge in [0.25, 0.3) is 0 Å². The lowest BCUT2D eigenvalue weighted by Gasteiger charge is -2.04. The van der Waals surface area contributed by atoms with E-state index in [1.54, 1.807) is 60.3 Å². The van der Waals surface area contributed by atoms with E-state index in [-0.39, 0.29) is 28.7 Å². The lowest BCUT2D eigenvalue weighted by Crippen LogP contribution is -2.07. The quantitative estimate of drug-likeness (QED) is 0.0988. The summed E-state index contributed by atoms with van der Waals surface area (Å²) < 4.78 is 9.12. The van der Waals surface area contributed by atoms with Crippen molar-refractivity contribution >= 4 is 51.2 Å². The number of H-pyrrole nitrogens is 1. The van der Waals surface area contributed by atoms with Crippen molar-refractivity contribution in [3.63, 3.8) is 0 Å². The molecule has 1 aromatic heterocycles. The molecule has 3 aromatic carbocycles. The summed E-state index contributed by atoms with van der Waals surface area (Å²) in [6.07, 6.45) is 1.80. The fourth-order valence-electron chi connectivity index (χ4n) is 2.67. The third-order valence-corrected chi connectivity index (χ3v) is 5.13. The summed E-state index contributed by atoms with van der Waals surface area (Å²) in [7, 11) is -0.470. The summed E-state index contributed by atoms with van der Waals surface area (Å²) >= 11 is 4.90. The number of benzene rings is 3. The first-order chi connectivity index (χ1) is 18.5. The Labute approximate surface area is 229 Å². The maximum atomic E-state index is 10.7. The van der Waals surface area contributed by atoms with Gasteiger partial charge >= 0.3 is 5.97 Å². The third-order valence-electron chi connectivity index (χ3n) is 4.40. The number of phenolic OH excluding ortho intramolecular Hbond substituents is 2. The summed E-state index contributed by atoms with van der Waals surface area (Å²) in [5.74, 6) is -1.40. The molecular formula is C24H26N7O6S2-. The number of carbonyl (C=O) groups excluding carboxylic acids is 1. The number of carboxylic acids is 1. The van der Waals surface area contributed by atoms with Crippen LogP contribution in [-0.2, 0) is 15.1 Å². The fraction of sp³-hybridized carbons (Fsp3) is 0.0833. The van der Waals surface area contributed by atoms with Crippen LogP contribution in [0, 0.1) is 9.55 Å². The molecular weight excluding hydrogens is 546 g/mol. The molecule has 39 heavy (non-hydrogen) atoms. The topological polar surface area (TPSA) is 209 Å². The number of aromatic nitrogens is 4. The van der Waals surface area contributed by atoms with Gasteiger partial charge in [-0.05, 0) is 78.9 Å². The second-order valence-electron chi connectivity index (χ2n) is 7.52. The molecule has 8 N–H and O–H groups in total. The first kappa shape index (κ1) is 30.3. The Balaban J connectivity index is 0.000000206. The first-order valence-corrected chi connectivity index (χ1v) is 12.9. The van der Waals surface area contributed by atoms with E-state index >= 15 is 0 Å². The highest BCUT2D eigenvalue weighted by Gasteiger charge is 2.10. The Bertz CT molecular complexity index is 1540. The summed E-state index contributed by atoms with van der Waals surface area (Å²) in [5, 5.41) is 51.0. The summed E-state index contributed by atoms with van der Waals surface area (Å²) in [6, 6.07) is 17.1. The van der Waals surface area contributed by atoms with Crippen molar-refractivity contribution in [1.29, 1.82) is 4.78 Å². The molecule has 0 aliphatic rings. The average Bonchev–Trinajstić information content (AvgIpc) is 3.31. The molecule has 13 nitrogen and oxygen atoms in total. The van der Waals surface area contributed by atoms with Gasteiger partial charge in [-0.3, -0.25) is 4.79 Å². The Morgan fingerprint density at radius 3 is 2.05 bits per heavy atom. The number of anilines is 2. The third kappa shape index (κ3) is 10.6. The number of phenols is 3. The van der Waals surface area contributed by atoms with Crippen molar-refractivity contribution in [2.45, 2.75) is 6.92 Å². The van der Waals surface area contributed by atoms with Crippen LogP contribution in [0.15, 0.2) is 66.7 Å². The monoisotopic (exact) mass is 572 g/mol. The standard InChI is InChI=1S/C9H9NO4.C8H11N2OS.C7H6N4OS/c1-5(11)10-6-2-3-8(12)7(4-6)9(13)14;1-12(9)6-10-7-2-4-8(11)5-3-7;12-6-3-1-5(2-4-6)11-7(13)8-9-10-11/h2-4,12H,1H3,(H,10,11)(H,13,14);2-6,9-11H,1H3;1-4,12H,(H,8,10,13)/q;-1;. The normalized spacial score (nSPS) is 10.7. The molecule has 1 heterocycles. The second-order valence-corrected chi connectivity index (χ2v) is 9.24. The van der Waals surface area contributed by atoms with Crippen LogP contribution < -0.4 is 10.6 Å². The number of hydrogen-bond acceptors (Lipinski definition) is 10. The molecule has 0 unspecified atom stereocenters. The van der Waals surface area contributed by atoms with E-state index < -0.39 is 16.2 Å². The highest BCUT2D eigenvalue weighted by molar-refractivity contribution is 7.84. The van der Waals surface area contributed by atoms with Crippen LogP contribution in [-0.4, -0.2) is 64.3 Å². The van der Waals surface area contributed by atoms with E-state index in [9.17, 15) is 9.59 Å². The van der Waals surface area contributed by atoms with Gasteiger partial charge in [-0.15, -0.1) is 11.7 Å². The lowest BCUT2D eigenvalue weighted by molar-refractivity contribution is -0.114. The molecule has 0 spiro atoms. The van der Waals surface area contributed by atoms with Crippen LogP contribution in [0.1, 0.15) is 17.3 Å².